The Balaban J connectivity index is 1.95. The van der Waals surface area contributed by atoms with Crippen molar-refractivity contribution in [2.75, 3.05) is 23.7 Å². The number of anilines is 2. The van der Waals surface area contributed by atoms with Crippen LogP contribution in [0.5, 0.6) is 0 Å². The molecular weight excluding hydrogens is 273 g/mol. The molecule has 0 spiro atoms. The number of benzene rings is 1. The molecule has 3 N–H and O–H groups in total. The molecule has 0 saturated carbocycles. The number of nitrogens with one attached hydrogen (secondary N) is 1. The van der Waals surface area contributed by atoms with Crippen molar-refractivity contribution in [2.24, 2.45) is 0 Å². The molecule has 6 heteroatoms. The first-order valence-electron chi connectivity index (χ1n) is 7.05. The number of para-hydroxylation sites is 1. The summed E-state index contributed by atoms with van der Waals surface area (Å²) in [5.41, 5.74) is 6.06. The third kappa shape index (κ3) is 4.00. The van der Waals surface area contributed by atoms with Crippen molar-refractivity contribution in [2.45, 2.75) is 38.8 Å². The summed E-state index contributed by atoms with van der Waals surface area (Å²) in [6.07, 6.45) is 0.344. The highest BCUT2D eigenvalue weighted by Crippen LogP contribution is 2.28. The van der Waals surface area contributed by atoms with Crippen molar-refractivity contribution >= 4 is 17.5 Å². The predicted molar refractivity (Wildman–Crippen MR) is 80.8 cm³/mol. The average Bonchev–Trinajstić information content (AvgIpc) is 2.78. The zero-order valence-corrected chi connectivity index (χ0v) is 12.6. The van der Waals surface area contributed by atoms with Crippen molar-refractivity contribution in [3.8, 4) is 0 Å². The summed E-state index contributed by atoms with van der Waals surface area (Å²) in [6, 6.07) is 4.73. The predicted octanol–water partition coefficient (Wildman–Crippen LogP) is 2.51. The van der Waals surface area contributed by atoms with Crippen LogP contribution in [0.15, 0.2) is 18.2 Å². The van der Waals surface area contributed by atoms with Crippen molar-refractivity contribution in [1.82, 2.24) is 5.32 Å². The van der Waals surface area contributed by atoms with E-state index in [0.717, 1.165) is 6.42 Å². The van der Waals surface area contributed by atoms with E-state index in [-0.39, 0.29) is 11.7 Å². The van der Waals surface area contributed by atoms with Crippen molar-refractivity contribution in [3.63, 3.8) is 0 Å². The smallest absolute Gasteiger partial charge is 0.407 e. The van der Waals surface area contributed by atoms with Crippen LogP contribution < -0.4 is 16.0 Å². The van der Waals surface area contributed by atoms with Crippen LogP contribution >= 0.6 is 0 Å². The highest BCUT2D eigenvalue weighted by atomic mass is 19.1. The lowest BCUT2D eigenvalue weighted by Crippen LogP contribution is -2.40. The van der Waals surface area contributed by atoms with E-state index in [1.165, 1.54) is 6.07 Å². The Labute approximate surface area is 124 Å². The molecule has 0 aliphatic carbocycles. The van der Waals surface area contributed by atoms with E-state index in [1.54, 1.807) is 12.1 Å². The molecule has 1 fully saturated rings. The Bertz CT molecular complexity index is 528. The molecule has 1 aromatic carbocycles. The Morgan fingerprint density at radius 3 is 2.86 bits per heavy atom. The number of nitrogens with two attached hydrogens (primary N) is 1. The number of rotatable bonds is 2. The SMILES string of the molecule is CC(C)(C)OC(=O)N[C@H]1CCN(c2cccc(F)c2N)C1. The van der Waals surface area contributed by atoms with Gasteiger partial charge in [0.2, 0.25) is 0 Å². The van der Waals surface area contributed by atoms with Crippen molar-refractivity contribution in [1.29, 1.82) is 0 Å². The summed E-state index contributed by atoms with van der Waals surface area (Å²) in [5, 5.41) is 2.83. The number of nitrogen functional groups attached to an aromatic ring is 1. The minimum absolute atomic E-state index is 0.0254. The maximum absolute atomic E-state index is 13.5. The van der Waals surface area contributed by atoms with Crippen LogP contribution in [0.2, 0.25) is 0 Å². The molecule has 1 aliphatic heterocycles. The number of hydrogen-bond donors (Lipinski definition) is 2. The third-order valence-electron chi connectivity index (χ3n) is 3.28. The molecule has 116 valence electrons. The Kier molecular flexibility index (Phi) is 4.25. The van der Waals surface area contributed by atoms with E-state index in [1.807, 2.05) is 25.7 Å². The van der Waals surface area contributed by atoms with E-state index < -0.39 is 17.5 Å². The number of nitrogens with zero attached hydrogens (tertiary/aromatic N) is 1. The number of ether oxygens (including phenoxy) is 1. The molecule has 5 nitrogen and oxygen atoms in total. The van der Waals surface area contributed by atoms with Gasteiger partial charge in [-0.2, -0.15) is 0 Å². The first-order chi connectivity index (χ1) is 9.76. The van der Waals surface area contributed by atoms with Crippen LogP contribution in [-0.2, 0) is 4.74 Å². The molecule has 1 aliphatic rings. The van der Waals surface area contributed by atoms with Gasteiger partial charge in [-0.1, -0.05) is 6.07 Å². The topological polar surface area (TPSA) is 67.6 Å². The van der Waals surface area contributed by atoms with E-state index in [9.17, 15) is 9.18 Å². The molecule has 0 radical (unpaired) electrons. The average molecular weight is 295 g/mol. The maximum Gasteiger partial charge on any atom is 0.407 e. The minimum Gasteiger partial charge on any atom is -0.444 e. The van der Waals surface area contributed by atoms with E-state index in [2.05, 4.69) is 5.32 Å². The van der Waals surface area contributed by atoms with Crippen LogP contribution in [0, 0.1) is 5.82 Å². The van der Waals surface area contributed by atoms with Gasteiger partial charge < -0.3 is 20.7 Å². The van der Waals surface area contributed by atoms with Crippen LogP contribution in [0.1, 0.15) is 27.2 Å². The number of halogens is 1. The van der Waals surface area contributed by atoms with Gasteiger partial charge in [0.25, 0.3) is 0 Å². The van der Waals surface area contributed by atoms with Gasteiger partial charge in [-0.25, -0.2) is 9.18 Å². The Morgan fingerprint density at radius 1 is 1.48 bits per heavy atom. The monoisotopic (exact) mass is 295 g/mol. The maximum atomic E-state index is 13.5. The number of carbonyl (C=O) groups excluding carboxylic acids is 1. The van der Waals surface area contributed by atoms with Crippen molar-refractivity contribution < 1.29 is 13.9 Å². The van der Waals surface area contributed by atoms with Crippen LogP contribution in [0.3, 0.4) is 0 Å². The summed E-state index contributed by atoms with van der Waals surface area (Å²) in [6.45, 7) is 6.77. The standard InChI is InChI=1S/C15H22FN3O2/c1-15(2,3)21-14(20)18-10-7-8-19(9-10)12-6-4-5-11(16)13(12)17/h4-6,10H,7-9,17H2,1-3H3,(H,18,20)/t10-/m0/s1. The lowest BCUT2D eigenvalue weighted by atomic mass is 10.2. The van der Waals surface area contributed by atoms with Crippen LogP contribution in [-0.4, -0.2) is 30.8 Å². The fourth-order valence-electron chi connectivity index (χ4n) is 2.37. The molecule has 2 rings (SSSR count). The summed E-state index contributed by atoms with van der Waals surface area (Å²) in [5.74, 6) is -0.420. The third-order valence-corrected chi connectivity index (χ3v) is 3.28. The van der Waals surface area contributed by atoms with Gasteiger partial charge >= 0.3 is 6.09 Å². The van der Waals surface area contributed by atoms with Gasteiger partial charge in [0.1, 0.15) is 11.4 Å². The second-order valence-corrected chi connectivity index (χ2v) is 6.25. The molecule has 1 saturated heterocycles. The molecule has 21 heavy (non-hydrogen) atoms. The Morgan fingerprint density at radius 2 is 2.19 bits per heavy atom. The van der Waals surface area contributed by atoms with E-state index >= 15 is 0 Å². The molecule has 1 atom stereocenters. The molecule has 1 heterocycles. The summed E-state index contributed by atoms with van der Waals surface area (Å²) >= 11 is 0. The first-order valence-corrected chi connectivity index (χ1v) is 7.05. The van der Waals surface area contributed by atoms with E-state index in [4.69, 9.17) is 10.5 Å². The van der Waals surface area contributed by atoms with Gasteiger partial charge in [0.15, 0.2) is 0 Å². The molecule has 0 unspecified atom stereocenters. The van der Waals surface area contributed by atoms with E-state index in [0.29, 0.717) is 18.8 Å². The van der Waals surface area contributed by atoms with Crippen molar-refractivity contribution in [3.05, 3.63) is 24.0 Å². The van der Waals surface area contributed by atoms with Crippen LogP contribution in [0.4, 0.5) is 20.6 Å². The molecular formula is C15H22FN3O2. The van der Waals surface area contributed by atoms with Gasteiger partial charge in [-0.05, 0) is 39.3 Å². The lowest BCUT2D eigenvalue weighted by molar-refractivity contribution is 0.0509. The highest BCUT2D eigenvalue weighted by Gasteiger charge is 2.27. The molecule has 1 aromatic rings. The summed E-state index contributed by atoms with van der Waals surface area (Å²) in [7, 11) is 0. The quantitative estimate of drug-likeness (QED) is 0.823. The highest BCUT2D eigenvalue weighted by molar-refractivity contribution is 5.70. The Hall–Kier alpha value is -1.98. The van der Waals surface area contributed by atoms with Gasteiger partial charge in [-0.15, -0.1) is 0 Å². The molecule has 1 amide bonds. The number of amides is 1. The summed E-state index contributed by atoms with van der Waals surface area (Å²) < 4.78 is 18.7. The fraction of sp³-hybridized carbons (Fsp3) is 0.533. The number of hydrogen-bond acceptors (Lipinski definition) is 4. The van der Waals surface area contributed by atoms with Gasteiger partial charge in [0, 0.05) is 13.1 Å². The molecule has 0 aromatic heterocycles. The first kappa shape index (κ1) is 15.4. The summed E-state index contributed by atoms with van der Waals surface area (Å²) in [4.78, 5) is 13.7. The zero-order chi connectivity index (χ0) is 15.6. The lowest BCUT2D eigenvalue weighted by Gasteiger charge is -2.23. The molecule has 0 bridgehead atoms. The number of alkyl carbamates (subject to hydrolysis) is 1. The minimum atomic E-state index is -0.518. The fourth-order valence-corrected chi connectivity index (χ4v) is 2.37. The van der Waals surface area contributed by atoms with Gasteiger partial charge in [0.05, 0.1) is 17.4 Å². The van der Waals surface area contributed by atoms with Crippen LogP contribution in [0.25, 0.3) is 0 Å². The number of carbonyl (C=O) groups is 1. The second-order valence-electron chi connectivity index (χ2n) is 6.25. The normalized spacial score (nSPS) is 18.7. The van der Waals surface area contributed by atoms with Gasteiger partial charge in [-0.3, -0.25) is 0 Å². The zero-order valence-electron chi connectivity index (χ0n) is 12.6. The largest absolute Gasteiger partial charge is 0.444 e. The second kappa shape index (κ2) is 5.79.